The first kappa shape index (κ1) is 17.3. The average molecular weight is 398 g/mol. The number of amides is 1. The van der Waals surface area contributed by atoms with Crippen LogP contribution in [-0.2, 0) is 4.79 Å². The number of nitrogens with zero attached hydrogens (tertiary/aromatic N) is 1. The normalized spacial score (nSPS) is 10.6. The van der Waals surface area contributed by atoms with E-state index in [9.17, 15) is 4.79 Å². The number of carbonyl (C=O) groups is 1. The Bertz CT molecular complexity index is 722. The predicted molar refractivity (Wildman–Crippen MR) is 93.4 cm³/mol. The molecule has 23 heavy (non-hydrogen) atoms. The number of ether oxygens (including phenoxy) is 2. The first-order valence-electron chi connectivity index (χ1n) is 6.62. The molecule has 0 aliphatic heterocycles. The Morgan fingerprint density at radius 3 is 2.87 bits per heavy atom. The Balaban J connectivity index is 1.86. The third-order valence-electron chi connectivity index (χ3n) is 2.74. The molecule has 1 N–H and O–H groups in total. The number of rotatable bonds is 6. The van der Waals surface area contributed by atoms with Crippen LogP contribution in [0.3, 0.4) is 0 Å². The van der Waals surface area contributed by atoms with Gasteiger partial charge in [-0.25, -0.2) is 5.43 Å². The third kappa shape index (κ3) is 5.58. The van der Waals surface area contributed by atoms with Crippen LogP contribution < -0.4 is 14.9 Å². The maximum atomic E-state index is 11.7. The Morgan fingerprint density at radius 2 is 2.13 bits per heavy atom. The molecule has 0 fully saturated rings. The molecule has 0 aliphatic carbocycles. The molecule has 0 spiro atoms. The summed E-state index contributed by atoms with van der Waals surface area (Å²) in [7, 11) is 1.53. The van der Waals surface area contributed by atoms with Gasteiger partial charge in [-0.3, -0.25) is 4.79 Å². The van der Waals surface area contributed by atoms with Gasteiger partial charge in [-0.05, 0) is 35.9 Å². The molecule has 2 aromatic carbocycles. The second-order valence-electron chi connectivity index (χ2n) is 4.43. The van der Waals surface area contributed by atoms with Gasteiger partial charge in [0.25, 0.3) is 5.91 Å². The summed E-state index contributed by atoms with van der Waals surface area (Å²) >= 11 is 9.19. The number of hydrogen-bond donors (Lipinski definition) is 1. The highest BCUT2D eigenvalue weighted by atomic mass is 79.9. The van der Waals surface area contributed by atoms with Gasteiger partial charge >= 0.3 is 0 Å². The van der Waals surface area contributed by atoms with Crippen molar-refractivity contribution >= 4 is 39.7 Å². The summed E-state index contributed by atoms with van der Waals surface area (Å²) in [6.07, 6.45) is 1.50. The van der Waals surface area contributed by atoms with Gasteiger partial charge in [-0.1, -0.05) is 39.7 Å². The number of carbonyl (C=O) groups excluding carboxylic acids is 1. The Morgan fingerprint density at radius 1 is 1.30 bits per heavy atom. The molecule has 0 saturated heterocycles. The van der Waals surface area contributed by atoms with Crippen molar-refractivity contribution in [2.45, 2.75) is 0 Å². The van der Waals surface area contributed by atoms with E-state index in [1.807, 2.05) is 6.07 Å². The van der Waals surface area contributed by atoms with Crippen molar-refractivity contribution < 1.29 is 14.3 Å². The zero-order valence-electron chi connectivity index (χ0n) is 12.3. The third-order valence-corrected chi connectivity index (χ3v) is 3.46. The van der Waals surface area contributed by atoms with Crippen molar-refractivity contribution in [1.29, 1.82) is 0 Å². The average Bonchev–Trinajstić information content (AvgIpc) is 2.53. The molecule has 7 heteroatoms. The highest BCUT2D eigenvalue weighted by molar-refractivity contribution is 9.10. The molecular formula is C16H14BrClN2O3. The van der Waals surface area contributed by atoms with Crippen molar-refractivity contribution in [2.75, 3.05) is 13.7 Å². The number of nitrogens with one attached hydrogen (secondary N) is 1. The van der Waals surface area contributed by atoms with Gasteiger partial charge < -0.3 is 9.47 Å². The van der Waals surface area contributed by atoms with Gasteiger partial charge in [0.15, 0.2) is 18.1 Å². The van der Waals surface area contributed by atoms with Gasteiger partial charge in [0.2, 0.25) is 0 Å². The van der Waals surface area contributed by atoms with Crippen LogP contribution in [0.2, 0.25) is 5.02 Å². The second kappa shape index (κ2) is 8.55. The molecular weight excluding hydrogens is 384 g/mol. The fourth-order valence-corrected chi connectivity index (χ4v) is 2.24. The summed E-state index contributed by atoms with van der Waals surface area (Å²) in [5.74, 6) is 0.632. The molecule has 0 aliphatic rings. The molecule has 1 amide bonds. The van der Waals surface area contributed by atoms with Crippen LogP contribution >= 0.6 is 27.5 Å². The fraction of sp³-hybridized carbons (Fsp3) is 0.125. The van der Waals surface area contributed by atoms with Crippen LogP contribution in [0.4, 0.5) is 0 Å². The molecule has 5 nitrogen and oxygen atoms in total. The lowest BCUT2D eigenvalue weighted by molar-refractivity contribution is -0.123. The number of hydrogen-bond acceptors (Lipinski definition) is 4. The van der Waals surface area contributed by atoms with E-state index in [-0.39, 0.29) is 12.5 Å². The van der Waals surface area contributed by atoms with E-state index in [0.29, 0.717) is 16.5 Å². The maximum absolute atomic E-state index is 11.7. The molecule has 120 valence electrons. The summed E-state index contributed by atoms with van der Waals surface area (Å²) in [4.78, 5) is 11.7. The number of halogens is 2. The van der Waals surface area contributed by atoms with Crippen molar-refractivity contribution in [3.8, 4) is 11.5 Å². The minimum absolute atomic E-state index is 0.176. The van der Waals surface area contributed by atoms with Gasteiger partial charge in [-0.2, -0.15) is 5.10 Å². The smallest absolute Gasteiger partial charge is 0.277 e. The first-order chi connectivity index (χ1) is 11.1. The molecule has 2 aromatic rings. The lowest BCUT2D eigenvalue weighted by Crippen LogP contribution is -2.24. The van der Waals surface area contributed by atoms with Gasteiger partial charge in [0.05, 0.1) is 13.3 Å². The number of hydrazone groups is 1. The van der Waals surface area contributed by atoms with Gasteiger partial charge in [-0.15, -0.1) is 0 Å². The Hall–Kier alpha value is -2.05. The minimum atomic E-state index is -0.381. The van der Waals surface area contributed by atoms with E-state index in [4.69, 9.17) is 21.1 Å². The van der Waals surface area contributed by atoms with E-state index in [1.165, 1.54) is 13.3 Å². The van der Waals surface area contributed by atoms with Crippen LogP contribution in [0.1, 0.15) is 5.56 Å². The first-order valence-corrected chi connectivity index (χ1v) is 7.79. The SMILES string of the molecule is COc1cc(Br)ccc1OCC(=O)N/N=C\c1cccc(Cl)c1. The van der Waals surface area contributed by atoms with Crippen molar-refractivity contribution in [1.82, 2.24) is 5.43 Å². The molecule has 0 bridgehead atoms. The molecule has 0 radical (unpaired) electrons. The number of methoxy groups -OCH3 is 1. The van der Waals surface area contributed by atoms with Crippen LogP contribution in [0.15, 0.2) is 52.0 Å². The largest absolute Gasteiger partial charge is 0.493 e. The van der Waals surface area contributed by atoms with Crippen LogP contribution in [0, 0.1) is 0 Å². The van der Waals surface area contributed by atoms with Gasteiger partial charge in [0.1, 0.15) is 0 Å². The van der Waals surface area contributed by atoms with Crippen LogP contribution in [-0.4, -0.2) is 25.8 Å². The van der Waals surface area contributed by atoms with E-state index < -0.39 is 0 Å². The van der Waals surface area contributed by atoms with Gasteiger partial charge in [0, 0.05) is 9.50 Å². The summed E-state index contributed by atoms with van der Waals surface area (Å²) in [6.45, 7) is -0.176. The zero-order chi connectivity index (χ0) is 16.7. The van der Waals surface area contributed by atoms with E-state index in [2.05, 4.69) is 26.5 Å². The zero-order valence-corrected chi connectivity index (χ0v) is 14.6. The van der Waals surface area contributed by atoms with Crippen LogP contribution in [0.25, 0.3) is 0 Å². The Kier molecular flexibility index (Phi) is 6.43. The lowest BCUT2D eigenvalue weighted by Gasteiger charge is -2.10. The summed E-state index contributed by atoms with van der Waals surface area (Å²) < 4.78 is 11.5. The van der Waals surface area contributed by atoms with Crippen LogP contribution in [0.5, 0.6) is 11.5 Å². The summed E-state index contributed by atoms with van der Waals surface area (Å²) in [6, 6.07) is 12.4. The monoisotopic (exact) mass is 396 g/mol. The van der Waals surface area contributed by atoms with Crippen molar-refractivity contribution in [2.24, 2.45) is 5.10 Å². The molecule has 0 aromatic heterocycles. The van der Waals surface area contributed by atoms with Crippen molar-refractivity contribution in [3.05, 3.63) is 57.5 Å². The van der Waals surface area contributed by atoms with E-state index in [0.717, 1.165) is 10.0 Å². The molecule has 2 rings (SSSR count). The fourth-order valence-electron chi connectivity index (χ4n) is 1.70. The maximum Gasteiger partial charge on any atom is 0.277 e. The summed E-state index contributed by atoms with van der Waals surface area (Å²) in [5.41, 5.74) is 3.17. The topological polar surface area (TPSA) is 59.9 Å². The van der Waals surface area contributed by atoms with Crippen molar-refractivity contribution in [3.63, 3.8) is 0 Å². The minimum Gasteiger partial charge on any atom is -0.493 e. The molecule has 0 atom stereocenters. The predicted octanol–water partition coefficient (Wildman–Crippen LogP) is 3.64. The number of benzene rings is 2. The molecule has 0 heterocycles. The van der Waals surface area contributed by atoms with E-state index in [1.54, 1.807) is 36.4 Å². The summed E-state index contributed by atoms with van der Waals surface area (Å²) in [5, 5.41) is 4.45. The Labute approximate surface area is 147 Å². The highest BCUT2D eigenvalue weighted by Gasteiger charge is 2.07. The quantitative estimate of drug-likeness (QED) is 0.598. The van der Waals surface area contributed by atoms with E-state index >= 15 is 0 Å². The standard InChI is InChI=1S/C16H14BrClN2O3/c1-22-15-8-12(17)5-6-14(15)23-10-16(21)20-19-9-11-3-2-4-13(18)7-11/h2-9H,10H2,1H3,(H,20,21)/b19-9-. The highest BCUT2D eigenvalue weighted by Crippen LogP contribution is 2.29. The molecule has 0 unspecified atom stereocenters. The lowest BCUT2D eigenvalue weighted by atomic mass is 10.2. The second-order valence-corrected chi connectivity index (χ2v) is 5.78. The molecule has 0 saturated carbocycles.